The Morgan fingerprint density at radius 2 is 2.11 bits per heavy atom. The fraction of sp³-hybridized carbons (Fsp3) is 0.385. The molecule has 19 heavy (non-hydrogen) atoms. The molecule has 2 aromatic rings. The number of sulfone groups is 1. The van der Waals surface area contributed by atoms with E-state index in [2.05, 4.69) is 0 Å². The molecule has 0 atom stereocenters. The van der Waals surface area contributed by atoms with E-state index < -0.39 is 9.84 Å². The maximum absolute atomic E-state index is 11.1. The number of rotatable bonds is 5. The number of nitrogens with zero attached hydrogens (tertiary/aromatic N) is 1. The molecule has 0 fully saturated rings. The molecule has 0 unspecified atom stereocenters. The number of halogens is 1. The minimum absolute atomic E-state index is 0.0444. The molecule has 0 saturated heterocycles. The van der Waals surface area contributed by atoms with E-state index in [-0.39, 0.29) is 12.4 Å². The zero-order chi connectivity index (χ0) is 14.0. The zero-order valence-electron chi connectivity index (χ0n) is 10.6. The first-order valence-corrected chi connectivity index (χ1v) is 8.40. The van der Waals surface area contributed by atoms with Crippen LogP contribution < -0.4 is 0 Å². The highest BCUT2D eigenvalue weighted by Crippen LogP contribution is 2.25. The van der Waals surface area contributed by atoms with Crippen LogP contribution in [0.25, 0.3) is 10.9 Å². The van der Waals surface area contributed by atoms with Gasteiger partial charge in [-0.25, -0.2) is 8.42 Å². The molecule has 4 nitrogen and oxygen atoms in total. The fourth-order valence-corrected chi connectivity index (χ4v) is 2.97. The lowest BCUT2D eigenvalue weighted by Gasteiger charge is -2.05. The van der Waals surface area contributed by atoms with Crippen LogP contribution in [-0.2, 0) is 23.0 Å². The SMILES string of the molecule is CS(=O)(=O)CCCn1cc(CO)c2ccc(Cl)cc21. The van der Waals surface area contributed by atoms with Gasteiger partial charge in [-0.15, -0.1) is 0 Å². The Morgan fingerprint density at radius 1 is 1.37 bits per heavy atom. The molecule has 6 heteroatoms. The lowest BCUT2D eigenvalue weighted by Crippen LogP contribution is -2.06. The summed E-state index contributed by atoms with van der Waals surface area (Å²) in [5, 5.41) is 10.9. The van der Waals surface area contributed by atoms with Crippen molar-refractivity contribution in [2.75, 3.05) is 12.0 Å². The zero-order valence-corrected chi connectivity index (χ0v) is 12.2. The number of hydrogen-bond donors (Lipinski definition) is 1. The highest BCUT2D eigenvalue weighted by atomic mass is 35.5. The smallest absolute Gasteiger partial charge is 0.147 e. The summed E-state index contributed by atoms with van der Waals surface area (Å²) in [5.41, 5.74) is 1.75. The Balaban J connectivity index is 2.29. The third-order valence-corrected chi connectivity index (χ3v) is 4.28. The van der Waals surface area contributed by atoms with E-state index in [1.165, 1.54) is 6.26 Å². The first kappa shape index (κ1) is 14.4. The van der Waals surface area contributed by atoms with Crippen LogP contribution in [0.5, 0.6) is 0 Å². The molecule has 0 saturated carbocycles. The van der Waals surface area contributed by atoms with E-state index >= 15 is 0 Å². The number of benzene rings is 1. The molecular weight excluding hydrogens is 286 g/mol. The topological polar surface area (TPSA) is 59.3 Å². The summed E-state index contributed by atoms with van der Waals surface area (Å²) in [6, 6.07) is 5.48. The highest BCUT2D eigenvalue weighted by Gasteiger charge is 2.09. The summed E-state index contributed by atoms with van der Waals surface area (Å²) in [5.74, 6) is 0.154. The normalized spacial score (nSPS) is 12.2. The van der Waals surface area contributed by atoms with Crippen molar-refractivity contribution in [1.29, 1.82) is 0 Å². The molecule has 2 rings (SSSR count). The van der Waals surface area contributed by atoms with Gasteiger partial charge in [0.1, 0.15) is 9.84 Å². The van der Waals surface area contributed by atoms with Gasteiger partial charge < -0.3 is 9.67 Å². The van der Waals surface area contributed by atoms with Crippen LogP contribution in [0, 0.1) is 0 Å². The molecule has 1 aromatic heterocycles. The Morgan fingerprint density at radius 3 is 2.74 bits per heavy atom. The molecule has 0 amide bonds. The van der Waals surface area contributed by atoms with Gasteiger partial charge in [-0.2, -0.15) is 0 Å². The van der Waals surface area contributed by atoms with Gasteiger partial charge >= 0.3 is 0 Å². The van der Waals surface area contributed by atoms with Crippen molar-refractivity contribution in [2.45, 2.75) is 19.6 Å². The Kier molecular flexibility index (Phi) is 4.18. The van der Waals surface area contributed by atoms with Crippen LogP contribution in [0.4, 0.5) is 0 Å². The van der Waals surface area contributed by atoms with Crippen molar-refractivity contribution in [1.82, 2.24) is 4.57 Å². The minimum Gasteiger partial charge on any atom is -0.392 e. The molecule has 0 radical (unpaired) electrons. The Bertz CT molecular complexity index is 691. The van der Waals surface area contributed by atoms with Gasteiger partial charge in [0, 0.05) is 40.5 Å². The predicted molar refractivity (Wildman–Crippen MR) is 77.2 cm³/mol. The number of aliphatic hydroxyl groups excluding tert-OH is 1. The van der Waals surface area contributed by atoms with Crippen LogP contribution in [-0.4, -0.2) is 30.1 Å². The second-order valence-electron chi connectivity index (χ2n) is 4.65. The van der Waals surface area contributed by atoms with E-state index in [9.17, 15) is 13.5 Å². The number of aliphatic hydroxyl groups is 1. The van der Waals surface area contributed by atoms with Crippen LogP contribution in [0.1, 0.15) is 12.0 Å². The van der Waals surface area contributed by atoms with Crippen molar-refractivity contribution in [3.63, 3.8) is 0 Å². The van der Waals surface area contributed by atoms with Crippen molar-refractivity contribution in [3.05, 3.63) is 35.0 Å². The first-order valence-electron chi connectivity index (χ1n) is 5.96. The minimum atomic E-state index is -2.94. The average molecular weight is 302 g/mol. The van der Waals surface area contributed by atoms with Gasteiger partial charge in [0.15, 0.2) is 0 Å². The van der Waals surface area contributed by atoms with Crippen LogP contribution in [0.2, 0.25) is 5.02 Å². The van der Waals surface area contributed by atoms with Gasteiger partial charge in [0.05, 0.1) is 12.4 Å². The lowest BCUT2D eigenvalue weighted by molar-refractivity contribution is 0.283. The van der Waals surface area contributed by atoms with Gasteiger partial charge in [0.25, 0.3) is 0 Å². The van der Waals surface area contributed by atoms with Crippen LogP contribution in [0.15, 0.2) is 24.4 Å². The summed E-state index contributed by atoms with van der Waals surface area (Å²) in [4.78, 5) is 0. The predicted octanol–water partition coefficient (Wildman–Crippen LogP) is 2.22. The largest absolute Gasteiger partial charge is 0.392 e. The summed E-state index contributed by atoms with van der Waals surface area (Å²) < 4.78 is 24.2. The van der Waals surface area contributed by atoms with E-state index in [0.29, 0.717) is 18.0 Å². The fourth-order valence-electron chi connectivity index (χ4n) is 2.15. The van der Waals surface area contributed by atoms with E-state index in [1.807, 2.05) is 22.9 Å². The monoisotopic (exact) mass is 301 g/mol. The molecule has 1 N–H and O–H groups in total. The second-order valence-corrected chi connectivity index (χ2v) is 7.35. The summed E-state index contributed by atoms with van der Waals surface area (Å²) >= 11 is 5.98. The van der Waals surface area contributed by atoms with Crippen molar-refractivity contribution in [3.8, 4) is 0 Å². The standard InChI is InChI=1S/C13H16ClNO3S/c1-19(17,18)6-2-5-15-8-10(9-16)12-4-3-11(14)7-13(12)15/h3-4,7-8,16H,2,5-6,9H2,1H3. The average Bonchev–Trinajstić information content (AvgIpc) is 2.65. The number of hydrogen-bond acceptors (Lipinski definition) is 3. The third kappa shape index (κ3) is 3.49. The van der Waals surface area contributed by atoms with Crippen LogP contribution in [0.3, 0.4) is 0 Å². The maximum Gasteiger partial charge on any atom is 0.147 e. The summed E-state index contributed by atoms with van der Waals surface area (Å²) in [6.45, 7) is 0.543. The van der Waals surface area contributed by atoms with E-state index in [0.717, 1.165) is 16.5 Å². The molecule has 1 heterocycles. The number of fused-ring (bicyclic) bond motifs is 1. The number of aryl methyl sites for hydroxylation is 1. The van der Waals surface area contributed by atoms with Crippen LogP contribution >= 0.6 is 11.6 Å². The Hall–Kier alpha value is -1.04. The van der Waals surface area contributed by atoms with E-state index in [4.69, 9.17) is 11.6 Å². The molecule has 0 bridgehead atoms. The molecule has 1 aromatic carbocycles. The second kappa shape index (κ2) is 5.53. The number of aromatic nitrogens is 1. The van der Waals surface area contributed by atoms with Gasteiger partial charge in [-0.05, 0) is 18.6 Å². The lowest BCUT2D eigenvalue weighted by atomic mass is 10.2. The maximum atomic E-state index is 11.1. The quantitative estimate of drug-likeness (QED) is 0.921. The molecule has 0 aliphatic rings. The summed E-state index contributed by atoms with van der Waals surface area (Å²) in [6.07, 6.45) is 3.63. The first-order chi connectivity index (χ1) is 8.90. The molecule has 0 aliphatic heterocycles. The van der Waals surface area contributed by atoms with Gasteiger partial charge in [0.2, 0.25) is 0 Å². The third-order valence-electron chi connectivity index (χ3n) is 3.01. The van der Waals surface area contributed by atoms with Gasteiger partial charge in [-0.3, -0.25) is 0 Å². The summed E-state index contributed by atoms with van der Waals surface area (Å²) in [7, 11) is -2.94. The molecular formula is C13H16ClNO3S. The van der Waals surface area contributed by atoms with E-state index in [1.54, 1.807) is 6.07 Å². The van der Waals surface area contributed by atoms with Gasteiger partial charge in [-0.1, -0.05) is 17.7 Å². The molecule has 0 aliphatic carbocycles. The Labute approximate surface area is 117 Å². The highest BCUT2D eigenvalue weighted by molar-refractivity contribution is 7.90. The van der Waals surface area contributed by atoms with Crippen molar-refractivity contribution >= 4 is 32.3 Å². The molecule has 104 valence electrons. The van der Waals surface area contributed by atoms with Crippen molar-refractivity contribution in [2.24, 2.45) is 0 Å². The van der Waals surface area contributed by atoms with Crippen molar-refractivity contribution < 1.29 is 13.5 Å². The molecule has 0 spiro atoms.